The van der Waals surface area contributed by atoms with Gasteiger partial charge in [-0.1, -0.05) is 18.2 Å². The average molecular weight is 502 g/mol. The van der Waals surface area contributed by atoms with E-state index in [0.717, 1.165) is 33.2 Å². The van der Waals surface area contributed by atoms with Crippen molar-refractivity contribution < 1.29 is 14.3 Å². The molecule has 0 saturated heterocycles. The van der Waals surface area contributed by atoms with E-state index in [2.05, 4.69) is 20.6 Å². The molecule has 0 bridgehead atoms. The number of carbonyl (C=O) groups excluding carboxylic acids is 2. The number of carbonyl (C=O) groups is 2. The van der Waals surface area contributed by atoms with Crippen LogP contribution in [0.1, 0.15) is 35.3 Å². The first-order valence-electron chi connectivity index (χ1n) is 11.3. The zero-order valence-corrected chi connectivity index (χ0v) is 21.1. The molecule has 2 aromatic heterocycles. The van der Waals surface area contributed by atoms with Crippen molar-refractivity contribution in [3.05, 3.63) is 89.1 Å². The minimum Gasteiger partial charge on any atom is -0.443 e. The van der Waals surface area contributed by atoms with Gasteiger partial charge < -0.3 is 21.1 Å². The van der Waals surface area contributed by atoms with Crippen molar-refractivity contribution in [1.29, 1.82) is 0 Å². The highest BCUT2D eigenvalue weighted by Crippen LogP contribution is 2.29. The summed E-state index contributed by atoms with van der Waals surface area (Å²) in [4.78, 5) is 32.7. The van der Waals surface area contributed by atoms with E-state index in [1.807, 2.05) is 54.8 Å². The molecule has 184 valence electrons. The number of nitrogens with two attached hydrogens (primary N) is 1. The Labute approximate surface area is 213 Å². The highest BCUT2D eigenvalue weighted by atomic mass is 32.1. The molecule has 4 N–H and O–H groups in total. The van der Waals surface area contributed by atoms with Gasteiger partial charge in [0.05, 0.1) is 5.69 Å². The van der Waals surface area contributed by atoms with Crippen LogP contribution in [0.15, 0.2) is 72.4 Å². The zero-order valence-electron chi connectivity index (χ0n) is 20.2. The standard InChI is InChI=1S/C27H27N5O3S/c1-17-6-11-21(13-22(17)31-26-32-23(16-36-26)20-5-4-12-29-15-20)30-24(33)19-9-7-18(8-10-19)14-27(2,3)35-25(28)34/h4-13,15-16H,14H2,1-3H3,(H2,28,34)(H,30,33)(H,31,32). The average Bonchev–Trinajstić information content (AvgIpc) is 3.30. The van der Waals surface area contributed by atoms with Gasteiger partial charge in [-0.15, -0.1) is 11.3 Å². The molecule has 0 unspecified atom stereocenters. The van der Waals surface area contributed by atoms with Crippen molar-refractivity contribution in [1.82, 2.24) is 9.97 Å². The van der Waals surface area contributed by atoms with Crippen molar-refractivity contribution in [3.63, 3.8) is 0 Å². The van der Waals surface area contributed by atoms with Crippen LogP contribution in [0, 0.1) is 6.92 Å². The Balaban J connectivity index is 1.42. The fraction of sp³-hybridized carbons (Fsp3) is 0.185. The Bertz CT molecular complexity index is 1370. The molecule has 8 nitrogen and oxygen atoms in total. The normalized spacial score (nSPS) is 11.1. The molecule has 4 aromatic rings. The van der Waals surface area contributed by atoms with E-state index in [1.165, 1.54) is 11.3 Å². The minimum atomic E-state index is -0.813. The van der Waals surface area contributed by atoms with E-state index in [4.69, 9.17) is 10.5 Å². The number of amides is 2. The second kappa shape index (κ2) is 10.6. The summed E-state index contributed by atoms with van der Waals surface area (Å²) in [6.45, 7) is 5.56. The first-order valence-corrected chi connectivity index (χ1v) is 12.2. The number of benzene rings is 2. The van der Waals surface area contributed by atoms with E-state index < -0.39 is 11.7 Å². The highest BCUT2D eigenvalue weighted by Gasteiger charge is 2.22. The van der Waals surface area contributed by atoms with Crippen LogP contribution in [0.3, 0.4) is 0 Å². The van der Waals surface area contributed by atoms with E-state index in [9.17, 15) is 9.59 Å². The molecule has 9 heteroatoms. The van der Waals surface area contributed by atoms with Gasteiger partial charge in [-0.2, -0.15) is 0 Å². The summed E-state index contributed by atoms with van der Waals surface area (Å²) in [6.07, 6.45) is 3.17. The summed E-state index contributed by atoms with van der Waals surface area (Å²) in [5.74, 6) is -0.225. The number of primary amides is 1. The van der Waals surface area contributed by atoms with Gasteiger partial charge in [0.2, 0.25) is 0 Å². The Morgan fingerprint density at radius 3 is 2.58 bits per heavy atom. The SMILES string of the molecule is Cc1ccc(NC(=O)c2ccc(CC(C)(C)OC(N)=O)cc2)cc1Nc1nc(-c2cccnc2)cs1. The maximum absolute atomic E-state index is 12.8. The number of aromatic nitrogens is 2. The van der Waals surface area contributed by atoms with Crippen LogP contribution >= 0.6 is 11.3 Å². The molecule has 0 atom stereocenters. The van der Waals surface area contributed by atoms with E-state index in [0.29, 0.717) is 17.7 Å². The molecule has 2 heterocycles. The lowest BCUT2D eigenvalue weighted by molar-refractivity contribution is 0.0460. The topological polar surface area (TPSA) is 119 Å². The molecule has 0 spiro atoms. The number of nitrogens with one attached hydrogen (secondary N) is 2. The van der Waals surface area contributed by atoms with E-state index in [1.54, 1.807) is 38.4 Å². The highest BCUT2D eigenvalue weighted by molar-refractivity contribution is 7.14. The van der Waals surface area contributed by atoms with Gasteiger partial charge >= 0.3 is 6.09 Å². The maximum atomic E-state index is 12.8. The lowest BCUT2D eigenvalue weighted by Gasteiger charge is -2.24. The fourth-order valence-corrected chi connectivity index (χ4v) is 4.44. The van der Waals surface area contributed by atoms with Crippen molar-refractivity contribution >= 4 is 39.8 Å². The first kappa shape index (κ1) is 24.9. The van der Waals surface area contributed by atoms with E-state index in [-0.39, 0.29) is 5.91 Å². The number of thiazole rings is 1. The van der Waals surface area contributed by atoms with Crippen molar-refractivity contribution in [3.8, 4) is 11.3 Å². The van der Waals surface area contributed by atoms with Gasteiger partial charge in [0.25, 0.3) is 5.91 Å². The monoisotopic (exact) mass is 501 g/mol. The summed E-state index contributed by atoms with van der Waals surface area (Å²) in [5.41, 5.74) is 10.2. The third-order valence-corrected chi connectivity index (χ3v) is 6.18. The van der Waals surface area contributed by atoms with Gasteiger partial charge in [-0.3, -0.25) is 9.78 Å². The maximum Gasteiger partial charge on any atom is 0.405 e. The molecule has 0 aliphatic rings. The molecule has 4 rings (SSSR count). The Morgan fingerprint density at radius 1 is 1.11 bits per heavy atom. The van der Waals surface area contributed by atoms with E-state index >= 15 is 0 Å². The Hall–Kier alpha value is -4.24. The molecule has 0 aliphatic heterocycles. The van der Waals surface area contributed by atoms with Crippen molar-refractivity contribution in [2.75, 3.05) is 10.6 Å². The summed E-state index contributed by atoms with van der Waals surface area (Å²) in [7, 11) is 0. The number of rotatable bonds is 8. The number of nitrogens with zero attached hydrogens (tertiary/aromatic N) is 2. The third kappa shape index (κ3) is 6.45. The first-order chi connectivity index (χ1) is 17.2. The second-order valence-corrected chi connectivity index (χ2v) is 9.80. The molecule has 0 aliphatic carbocycles. The number of aryl methyl sites for hydroxylation is 1. The van der Waals surface area contributed by atoms with Crippen LogP contribution < -0.4 is 16.4 Å². The molecular formula is C27H27N5O3S. The minimum absolute atomic E-state index is 0.225. The molecule has 0 saturated carbocycles. The van der Waals surface area contributed by atoms with Crippen LogP contribution in [0.2, 0.25) is 0 Å². The third-order valence-electron chi connectivity index (χ3n) is 5.42. The smallest absolute Gasteiger partial charge is 0.405 e. The molecule has 0 fully saturated rings. The van der Waals surface area contributed by atoms with Gasteiger partial charge in [0.1, 0.15) is 5.60 Å². The van der Waals surface area contributed by atoms with Crippen LogP contribution in [0.25, 0.3) is 11.3 Å². The van der Waals surface area contributed by atoms with Crippen molar-refractivity contribution in [2.24, 2.45) is 5.73 Å². The van der Waals surface area contributed by atoms with Crippen molar-refractivity contribution in [2.45, 2.75) is 32.8 Å². The number of hydrogen-bond donors (Lipinski definition) is 3. The van der Waals surface area contributed by atoms with Crippen LogP contribution in [0.4, 0.5) is 21.3 Å². The summed E-state index contributed by atoms with van der Waals surface area (Å²) < 4.78 is 5.13. The zero-order chi connectivity index (χ0) is 25.7. The molecule has 36 heavy (non-hydrogen) atoms. The number of anilines is 3. The second-order valence-electron chi connectivity index (χ2n) is 8.94. The number of ether oxygens (including phenoxy) is 1. The molecule has 0 radical (unpaired) electrons. The quantitative estimate of drug-likeness (QED) is 0.275. The summed E-state index contributed by atoms with van der Waals surface area (Å²) >= 11 is 1.50. The van der Waals surface area contributed by atoms with Crippen LogP contribution in [-0.2, 0) is 11.2 Å². The Kier molecular flexibility index (Phi) is 7.30. The predicted molar refractivity (Wildman–Crippen MR) is 143 cm³/mol. The van der Waals surface area contributed by atoms with Gasteiger partial charge in [0.15, 0.2) is 5.13 Å². The number of hydrogen-bond acceptors (Lipinski definition) is 7. The van der Waals surface area contributed by atoms with Gasteiger partial charge in [0, 0.05) is 46.7 Å². The molecular weight excluding hydrogens is 474 g/mol. The molecule has 2 amide bonds. The summed E-state index contributed by atoms with van der Waals surface area (Å²) in [5, 5.41) is 9.02. The fourth-order valence-electron chi connectivity index (χ4n) is 3.70. The van der Waals surface area contributed by atoms with Crippen LogP contribution in [-0.4, -0.2) is 27.6 Å². The Morgan fingerprint density at radius 2 is 1.89 bits per heavy atom. The van der Waals surface area contributed by atoms with Crippen LogP contribution in [0.5, 0.6) is 0 Å². The number of pyridine rings is 1. The largest absolute Gasteiger partial charge is 0.443 e. The lowest BCUT2D eigenvalue weighted by atomic mass is 9.97. The summed E-state index contributed by atoms with van der Waals surface area (Å²) in [6, 6.07) is 16.7. The lowest BCUT2D eigenvalue weighted by Crippen LogP contribution is -2.33. The predicted octanol–water partition coefficient (Wildman–Crippen LogP) is 5.93. The molecule has 2 aromatic carbocycles. The van der Waals surface area contributed by atoms with Gasteiger partial charge in [-0.05, 0) is 68.3 Å². The van der Waals surface area contributed by atoms with Gasteiger partial charge in [-0.25, -0.2) is 9.78 Å².